The van der Waals surface area contributed by atoms with Crippen LogP contribution < -0.4 is 5.32 Å². The number of imidazole rings is 1. The fourth-order valence-electron chi connectivity index (χ4n) is 3.20. The molecule has 1 aromatic carbocycles. The van der Waals surface area contributed by atoms with Gasteiger partial charge in [0, 0.05) is 18.7 Å². The minimum atomic E-state index is -1.25. The number of hydrogen-bond acceptors (Lipinski definition) is 10. The van der Waals surface area contributed by atoms with Crippen LogP contribution in [-0.4, -0.2) is 64.7 Å². The highest BCUT2D eigenvalue weighted by Crippen LogP contribution is 2.32. The lowest BCUT2D eigenvalue weighted by molar-refractivity contribution is -0.384. The second-order valence-corrected chi connectivity index (χ2v) is 6.55. The SMILES string of the molecule is O=[N+]([O-])c1ccc(CNc2ncnc3c2ncn3[C@@H]2O[C@H](CO)C(O)[C@@H]2O)cc1. The molecule has 152 valence electrons. The number of nitro benzene ring substituents is 1. The van der Waals surface area contributed by atoms with Crippen molar-refractivity contribution in [3.63, 3.8) is 0 Å². The molecule has 1 fully saturated rings. The molecule has 4 rings (SSSR count). The van der Waals surface area contributed by atoms with Crippen LogP contribution in [0, 0.1) is 10.1 Å². The van der Waals surface area contributed by atoms with E-state index < -0.39 is 36.1 Å². The average Bonchev–Trinajstić information content (AvgIpc) is 3.28. The van der Waals surface area contributed by atoms with Crippen LogP contribution in [0.15, 0.2) is 36.9 Å². The molecule has 2 aromatic heterocycles. The summed E-state index contributed by atoms with van der Waals surface area (Å²) in [6.45, 7) is -0.0802. The zero-order valence-corrected chi connectivity index (χ0v) is 15.0. The Hall–Kier alpha value is -3.19. The number of aliphatic hydroxyl groups is 3. The van der Waals surface area contributed by atoms with Crippen molar-refractivity contribution in [3.05, 3.63) is 52.6 Å². The monoisotopic (exact) mass is 402 g/mol. The van der Waals surface area contributed by atoms with Crippen LogP contribution in [0.5, 0.6) is 0 Å². The normalized spacial score (nSPS) is 24.1. The molecule has 3 aromatic rings. The van der Waals surface area contributed by atoms with Crippen LogP contribution in [-0.2, 0) is 11.3 Å². The van der Waals surface area contributed by atoms with Gasteiger partial charge in [0.05, 0.1) is 17.9 Å². The van der Waals surface area contributed by atoms with Crippen LogP contribution in [0.1, 0.15) is 11.8 Å². The van der Waals surface area contributed by atoms with Gasteiger partial charge in [0.25, 0.3) is 5.69 Å². The van der Waals surface area contributed by atoms with Gasteiger partial charge in [-0.2, -0.15) is 0 Å². The first kappa shape index (κ1) is 19.1. The molecule has 29 heavy (non-hydrogen) atoms. The van der Waals surface area contributed by atoms with Gasteiger partial charge < -0.3 is 25.4 Å². The molecule has 12 nitrogen and oxygen atoms in total. The van der Waals surface area contributed by atoms with Crippen LogP contribution in [0.3, 0.4) is 0 Å². The summed E-state index contributed by atoms with van der Waals surface area (Å²) < 4.78 is 6.99. The van der Waals surface area contributed by atoms with Crippen molar-refractivity contribution in [3.8, 4) is 0 Å². The minimum Gasteiger partial charge on any atom is -0.394 e. The standard InChI is InChI=1S/C17H18N6O6/c24-6-11-13(25)14(26)17(29-11)22-8-21-12-15(19-7-20-16(12)22)18-5-9-1-3-10(4-2-9)23(27)28/h1-4,7-8,11,13-14,17,24-26H,5-6H2,(H,18,19,20)/t11-,13?,14+,17-/m1/s1. The highest BCUT2D eigenvalue weighted by Gasteiger charge is 2.44. The quantitative estimate of drug-likeness (QED) is 0.324. The molecule has 1 aliphatic rings. The molecule has 1 unspecified atom stereocenters. The van der Waals surface area contributed by atoms with E-state index in [2.05, 4.69) is 20.3 Å². The number of benzene rings is 1. The van der Waals surface area contributed by atoms with Gasteiger partial charge in [-0.25, -0.2) is 15.0 Å². The third kappa shape index (κ3) is 3.49. The van der Waals surface area contributed by atoms with E-state index in [4.69, 9.17) is 4.74 Å². The van der Waals surface area contributed by atoms with Crippen molar-refractivity contribution in [1.29, 1.82) is 0 Å². The highest BCUT2D eigenvalue weighted by molar-refractivity contribution is 5.82. The number of ether oxygens (including phenoxy) is 1. The smallest absolute Gasteiger partial charge is 0.269 e. The number of anilines is 1. The predicted molar refractivity (Wildman–Crippen MR) is 98.8 cm³/mol. The molecule has 1 saturated heterocycles. The average molecular weight is 402 g/mol. The summed E-state index contributed by atoms with van der Waals surface area (Å²) in [5.41, 5.74) is 1.62. The number of hydrogen-bond donors (Lipinski definition) is 4. The van der Waals surface area contributed by atoms with Crippen molar-refractivity contribution in [2.45, 2.75) is 31.1 Å². The molecule has 12 heteroatoms. The first-order valence-electron chi connectivity index (χ1n) is 8.76. The lowest BCUT2D eigenvalue weighted by Crippen LogP contribution is -2.33. The Morgan fingerprint density at radius 3 is 2.59 bits per heavy atom. The molecular weight excluding hydrogens is 384 g/mol. The Kier molecular flexibility index (Phi) is 5.07. The first-order valence-corrected chi connectivity index (χ1v) is 8.76. The van der Waals surface area contributed by atoms with E-state index in [-0.39, 0.29) is 5.69 Å². The molecule has 0 spiro atoms. The zero-order chi connectivity index (χ0) is 20.5. The summed E-state index contributed by atoms with van der Waals surface area (Å²) in [6.07, 6.45) is -1.62. The highest BCUT2D eigenvalue weighted by atomic mass is 16.6. The van der Waals surface area contributed by atoms with Crippen molar-refractivity contribution in [2.24, 2.45) is 0 Å². The van der Waals surface area contributed by atoms with E-state index in [1.54, 1.807) is 12.1 Å². The van der Waals surface area contributed by atoms with E-state index in [1.165, 1.54) is 29.4 Å². The molecular formula is C17H18N6O6. The molecule has 0 bridgehead atoms. The largest absolute Gasteiger partial charge is 0.394 e. The van der Waals surface area contributed by atoms with E-state index in [9.17, 15) is 25.4 Å². The Bertz CT molecular complexity index is 1020. The van der Waals surface area contributed by atoms with E-state index in [1.807, 2.05) is 0 Å². The number of aliphatic hydroxyl groups excluding tert-OH is 3. The maximum atomic E-state index is 10.7. The van der Waals surface area contributed by atoms with Gasteiger partial charge in [0.15, 0.2) is 23.2 Å². The number of rotatable bonds is 6. The van der Waals surface area contributed by atoms with Gasteiger partial charge >= 0.3 is 0 Å². The van der Waals surface area contributed by atoms with E-state index in [0.29, 0.717) is 23.5 Å². The van der Waals surface area contributed by atoms with Crippen molar-refractivity contribution < 1.29 is 25.0 Å². The molecule has 4 atom stereocenters. The van der Waals surface area contributed by atoms with Crippen LogP contribution in [0.4, 0.5) is 11.5 Å². The van der Waals surface area contributed by atoms with Gasteiger partial charge in [-0.1, -0.05) is 12.1 Å². The summed E-state index contributed by atoms with van der Waals surface area (Å²) in [5, 5.41) is 43.3. The van der Waals surface area contributed by atoms with Gasteiger partial charge in [0.1, 0.15) is 24.6 Å². The number of fused-ring (bicyclic) bond motifs is 1. The summed E-state index contributed by atoms with van der Waals surface area (Å²) in [7, 11) is 0. The summed E-state index contributed by atoms with van der Waals surface area (Å²) in [6, 6.07) is 6.12. The van der Waals surface area contributed by atoms with E-state index >= 15 is 0 Å². The summed E-state index contributed by atoms with van der Waals surface area (Å²) in [4.78, 5) is 22.9. The number of nitro groups is 1. The fourth-order valence-corrected chi connectivity index (χ4v) is 3.20. The van der Waals surface area contributed by atoms with Crippen molar-refractivity contribution in [2.75, 3.05) is 11.9 Å². The Morgan fingerprint density at radius 1 is 1.17 bits per heavy atom. The summed E-state index contributed by atoms with van der Waals surface area (Å²) >= 11 is 0. The first-order chi connectivity index (χ1) is 14.0. The van der Waals surface area contributed by atoms with Gasteiger partial charge in [-0.3, -0.25) is 14.7 Å². The molecule has 0 saturated carbocycles. The van der Waals surface area contributed by atoms with Crippen LogP contribution in [0.25, 0.3) is 11.2 Å². The third-order valence-corrected chi connectivity index (χ3v) is 4.76. The third-order valence-electron chi connectivity index (χ3n) is 4.76. The minimum absolute atomic E-state index is 0.00964. The van der Waals surface area contributed by atoms with Crippen molar-refractivity contribution >= 4 is 22.7 Å². The van der Waals surface area contributed by atoms with Crippen LogP contribution >= 0.6 is 0 Å². The fraction of sp³-hybridized carbons (Fsp3) is 0.353. The zero-order valence-electron chi connectivity index (χ0n) is 15.0. The van der Waals surface area contributed by atoms with E-state index in [0.717, 1.165) is 5.56 Å². The number of nitrogens with one attached hydrogen (secondary N) is 1. The Morgan fingerprint density at radius 2 is 1.93 bits per heavy atom. The summed E-state index contributed by atoms with van der Waals surface area (Å²) in [5.74, 6) is 0.429. The Labute approximate surface area is 163 Å². The van der Waals surface area contributed by atoms with Gasteiger partial charge in [-0.05, 0) is 5.56 Å². The lowest BCUT2D eigenvalue weighted by atomic mass is 10.1. The number of aromatic nitrogens is 4. The molecule has 0 radical (unpaired) electrons. The molecule has 0 aliphatic carbocycles. The molecule has 1 aliphatic heterocycles. The maximum absolute atomic E-state index is 10.7. The van der Waals surface area contributed by atoms with Gasteiger partial charge in [-0.15, -0.1) is 0 Å². The second kappa shape index (κ2) is 7.67. The van der Waals surface area contributed by atoms with Gasteiger partial charge in [0.2, 0.25) is 0 Å². The Balaban J connectivity index is 1.55. The second-order valence-electron chi connectivity index (χ2n) is 6.55. The molecule has 0 amide bonds. The topological polar surface area (TPSA) is 169 Å². The van der Waals surface area contributed by atoms with Crippen LogP contribution in [0.2, 0.25) is 0 Å². The molecule has 4 N–H and O–H groups in total. The lowest BCUT2D eigenvalue weighted by Gasteiger charge is -2.16. The predicted octanol–water partition coefficient (Wildman–Crippen LogP) is -0.0419. The molecule has 3 heterocycles. The van der Waals surface area contributed by atoms with Crippen molar-refractivity contribution in [1.82, 2.24) is 19.5 Å². The number of nitrogens with zero attached hydrogens (tertiary/aromatic N) is 5. The number of non-ortho nitro benzene ring substituents is 1. The maximum Gasteiger partial charge on any atom is 0.269 e.